The number of ether oxygens (including phenoxy) is 2. The van der Waals surface area contributed by atoms with Gasteiger partial charge in [0.25, 0.3) is 0 Å². The van der Waals surface area contributed by atoms with Crippen LogP contribution < -0.4 is 14.8 Å². The van der Waals surface area contributed by atoms with Crippen LogP contribution in [0.25, 0.3) is 0 Å². The van der Waals surface area contributed by atoms with E-state index in [0.29, 0.717) is 11.3 Å². The molecule has 1 atom stereocenters. The summed E-state index contributed by atoms with van der Waals surface area (Å²) in [6, 6.07) is 14.9. The summed E-state index contributed by atoms with van der Waals surface area (Å²) in [5.41, 5.74) is 2.19. The van der Waals surface area contributed by atoms with E-state index in [4.69, 9.17) is 14.7 Å². The Morgan fingerprint density at radius 2 is 2.11 bits per heavy atom. The van der Waals surface area contributed by atoms with Crippen LogP contribution in [0.1, 0.15) is 30.0 Å². The van der Waals surface area contributed by atoms with Crippen LogP contribution in [0.15, 0.2) is 42.5 Å². The molecule has 1 aliphatic heterocycles. The van der Waals surface area contributed by atoms with E-state index in [2.05, 4.69) is 16.3 Å². The van der Waals surface area contributed by atoms with Gasteiger partial charge in [0.15, 0.2) is 0 Å². The number of carbonyl (C=O) groups is 1. The molecule has 1 fully saturated rings. The Labute approximate surface area is 159 Å². The van der Waals surface area contributed by atoms with E-state index in [1.54, 1.807) is 38.5 Å². The molecule has 2 aromatic carbocycles. The molecule has 2 aromatic rings. The van der Waals surface area contributed by atoms with E-state index in [-0.39, 0.29) is 18.5 Å². The number of hydrogen-bond acceptors (Lipinski definition) is 5. The predicted octanol–water partition coefficient (Wildman–Crippen LogP) is 3.35. The van der Waals surface area contributed by atoms with Crippen molar-refractivity contribution in [2.45, 2.75) is 18.9 Å². The standard InChI is InChI=1S/C21H23N3O3/c1-26-17-8-9-20(27-2)18(12-17)19-7-4-10-24(19)14-21(25)23-16-6-3-5-15(11-16)13-22/h3,5-6,8-9,11-12,19H,4,7,10,14H2,1-2H3,(H,23,25)/t19-/m0/s1. The maximum atomic E-state index is 12.5. The number of nitrogens with zero attached hydrogens (tertiary/aromatic N) is 2. The van der Waals surface area contributed by atoms with E-state index in [0.717, 1.165) is 36.4 Å². The topological polar surface area (TPSA) is 74.6 Å². The second-order valence-electron chi connectivity index (χ2n) is 6.48. The number of nitrogens with one attached hydrogen (secondary N) is 1. The van der Waals surface area contributed by atoms with Crippen molar-refractivity contribution < 1.29 is 14.3 Å². The zero-order chi connectivity index (χ0) is 19.2. The normalized spacial score (nSPS) is 16.6. The van der Waals surface area contributed by atoms with E-state index in [1.807, 2.05) is 18.2 Å². The molecule has 27 heavy (non-hydrogen) atoms. The van der Waals surface area contributed by atoms with E-state index >= 15 is 0 Å². The summed E-state index contributed by atoms with van der Waals surface area (Å²) in [5, 5.41) is 11.9. The van der Waals surface area contributed by atoms with Crippen LogP contribution in [-0.4, -0.2) is 38.1 Å². The minimum absolute atomic E-state index is 0.0983. The molecule has 1 N–H and O–H groups in total. The fourth-order valence-corrected chi connectivity index (χ4v) is 3.52. The third-order valence-corrected chi connectivity index (χ3v) is 4.78. The summed E-state index contributed by atoms with van der Waals surface area (Å²) in [6.45, 7) is 1.12. The Morgan fingerprint density at radius 3 is 2.85 bits per heavy atom. The van der Waals surface area contributed by atoms with Gasteiger partial charge < -0.3 is 14.8 Å². The molecule has 0 saturated carbocycles. The summed E-state index contributed by atoms with van der Waals surface area (Å²) in [4.78, 5) is 14.7. The van der Waals surface area contributed by atoms with Gasteiger partial charge in [-0.1, -0.05) is 6.07 Å². The van der Waals surface area contributed by atoms with Gasteiger partial charge in [-0.25, -0.2) is 0 Å². The van der Waals surface area contributed by atoms with Gasteiger partial charge in [-0.15, -0.1) is 0 Å². The lowest BCUT2D eigenvalue weighted by Crippen LogP contribution is -2.33. The summed E-state index contributed by atoms with van der Waals surface area (Å²) in [6.07, 6.45) is 1.98. The highest BCUT2D eigenvalue weighted by molar-refractivity contribution is 5.92. The molecule has 0 bridgehead atoms. The first-order valence-electron chi connectivity index (χ1n) is 8.90. The Hall–Kier alpha value is -3.04. The molecule has 1 aliphatic rings. The third kappa shape index (κ3) is 4.39. The largest absolute Gasteiger partial charge is 0.497 e. The Bertz CT molecular complexity index is 860. The van der Waals surface area contributed by atoms with Crippen LogP contribution in [0.2, 0.25) is 0 Å². The first-order chi connectivity index (χ1) is 13.1. The zero-order valence-corrected chi connectivity index (χ0v) is 15.6. The van der Waals surface area contributed by atoms with Crippen molar-refractivity contribution >= 4 is 11.6 Å². The average molecular weight is 365 g/mol. The predicted molar refractivity (Wildman–Crippen MR) is 103 cm³/mol. The highest BCUT2D eigenvalue weighted by Gasteiger charge is 2.30. The smallest absolute Gasteiger partial charge is 0.238 e. The van der Waals surface area contributed by atoms with Gasteiger partial charge in [-0.3, -0.25) is 9.69 Å². The van der Waals surface area contributed by atoms with E-state index < -0.39 is 0 Å². The van der Waals surface area contributed by atoms with Gasteiger partial charge >= 0.3 is 0 Å². The third-order valence-electron chi connectivity index (χ3n) is 4.78. The molecular formula is C21H23N3O3. The van der Waals surface area contributed by atoms with Crippen LogP contribution in [-0.2, 0) is 4.79 Å². The maximum Gasteiger partial charge on any atom is 0.238 e. The summed E-state index contributed by atoms with van der Waals surface area (Å²) < 4.78 is 10.9. The second-order valence-corrected chi connectivity index (χ2v) is 6.48. The van der Waals surface area contributed by atoms with Crippen LogP contribution >= 0.6 is 0 Å². The number of carbonyl (C=O) groups excluding carboxylic acids is 1. The van der Waals surface area contributed by atoms with Crippen molar-refractivity contribution in [3.63, 3.8) is 0 Å². The highest BCUT2D eigenvalue weighted by Crippen LogP contribution is 2.38. The average Bonchev–Trinajstić information content (AvgIpc) is 3.15. The van der Waals surface area contributed by atoms with Crippen molar-refractivity contribution in [1.29, 1.82) is 5.26 Å². The monoisotopic (exact) mass is 365 g/mol. The maximum absolute atomic E-state index is 12.5. The first-order valence-corrected chi connectivity index (χ1v) is 8.90. The Morgan fingerprint density at radius 1 is 1.26 bits per heavy atom. The molecule has 6 nitrogen and oxygen atoms in total. The number of methoxy groups -OCH3 is 2. The fourth-order valence-electron chi connectivity index (χ4n) is 3.52. The van der Waals surface area contributed by atoms with Crippen molar-refractivity contribution in [2.24, 2.45) is 0 Å². The molecule has 0 spiro atoms. The number of likely N-dealkylation sites (tertiary alicyclic amines) is 1. The molecule has 0 radical (unpaired) electrons. The zero-order valence-electron chi connectivity index (χ0n) is 15.6. The van der Waals surface area contributed by atoms with Gasteiger partial charge in [-0.05, 0) is 55.8 Å². The van der Waals surface area contributed by atoms with Crippen LogP contribution in [0, 0.1) is 11.3 Å². The summed E-state index contributed by atoms with van der Waals surface area (Å²) in [7, 11) is 3.29. The molecule has 1 saturated heterocycles. The van der Waals surface area contributed by atoms with Crippen LogP contribution in [0.4, 0.5) is 5.69 Å². The Kier molecular flexibility index (Phi) is 5.94. The number of rotatable bonds is 6. The van der Waals surface area contributed by atoms with Crippen molar-refractivity contribution in [1.82, 2.24) is 4.90 Å². The Balaban J connectivity index is 1.73. The first kappa shape index (κ1) is 18.7. The number of benzene rings is 2. The lowest BCUT2D eigenvalue weighted by Gasteiger charge is -2.26. The molecule has 1 heterocycles. The van der Waals surface area contributed by atoms with Crippen LogP contribution in [0.5, 0.6) is 11.5 Å². The molecule has 140 valence electrons. The molecule has 1 amide bonds. The molecule has 0 unspecified atom stereocenters. The highest BCUT2D eigenvalue weighted by atomic mass is 16.5. The van der Waals surface area contributed by atoms with Gasteiger partial charge in [0.2, 0.25) is 5.91 Å². The van der Waals surface area contributed by atoms with Gasteiger partial charge in [-0.2, -0.15) is 5.26 Å². The number of amides is 1. The van der Waals surface area contributed by atoms with Crippen LogP contribution in [0.3, 0.4) is 0 Å². The lowest BCUT2D eigenvalue weighted by atomic mass is 10.0. The van der Waals surface area contributed by atoms with Gasteiger partial charge in [0.05, 0.1) is 32.4 Å². The fraction of sp³-hybridized carbons (Fsp3) is 0.333. The summed E-state index contributed by atoms with van der Waals surface area (Å²) >= 11 is 0. The van der Waals surface area contributed by atoms with Gasteiger partial charge in [0.1, 0.15) is 11.5 Å². The number of nitriles is 1. The summed E-state index contributed by atoms with van der Waals surface area (Å²) in [5.74, 6) is 1.48. The minimum Gasteiger partial charge on any atom is -0.497 e. The van der Waals surface area contributed by atoms with Gasteiger partial charge in [0, 0.05) is 17.3 Å². The molecule has 3 rings (SSSR count). The quantitative estimate of drug-likeness (QED) is 0.850. The lowest BCUT2D eigenvalue weighted by molar-refractivity contribution is -0.117. The van der Waals surface area contributed by atoms with Crippen molar-refractivity contribution in [3.05, 3.63) is 53.6 Å². The minimum atomic E-state index is -0.0983. The SMILES string of the molecule is COc1ccc(OC)c([C@@H]2CCCN2CC(=O)Nc2cccc(C#N)c2)c1. The van der Waals surface area contributed by atoms with Crippen molar-refractivity contribution in [2.75, 3.05) is 32.6 Å². The molecule has 0 aliphatic carbocycles. The van der Waals surface area contributed by atoms with E-state index in [9.17, 15) is 4.79 Å². The van der Waals surface area contributed by atoms with E-state index in [1.165, 1.54) is 0 Å². The second kappa shape index (κ2) is 8.56. The molecular weight excluding hydrogens is 342 g/mol. The molecule has 6 heteroatoms. The van der Waals surface area contributed by atoms with Crippen molar-refractivity contribution in [3.8, 4) is 17.6 Å². The number of hydrogen-bond donors (Lipinski definition) is 1. The number of anilines is 1. The molecule has 0 aromatic heterocycles.